The summed E-state index contributed by atoms with van der Waals surface area (Å²) in [7, 11) is 0. The smallest absolute Gasteiger partial charge is 0.477 e. The number of amides is 1. The van der Waals surface area contributed by atoms with Crippen LogP contribution in [0.3, 0.4) is 0 Å². The van der Waals surface area contributed by atoms with Gasteiger partial charge in [0.2, 0.25) is 11.6 Å². The second kappa shape index (κ2) is 19.9. The molecular weight excluding hydrogens is 915 g/mol. The Morgan fingerprint density at radius 3 is 1.34 bits per heavy atom. The Labute approximate surface area is 369 Å². The molecule has 0 spiro atoms. The van der Waals surface area contributed by atoms with Crippen LogP contribution < -0.4 is 20.5 Å². The third kappa shape index (κ3) is 12.7. The maximum absolute atomic E-state index is 14.9. The quantitative estimate of drug-likeness (QED) is 0.105. The van der Waals surface area contributed by atoms with E-state index in [9.17, 15) is 53.5 Å². The van der Waals surface area contributed by atoms with Crippen molar-refractivity contribution in [1.82, 2.24) is 44.5 Å². The number of nitrogens with two attached hydrogens (primary N) is 1. The van der Waals surface area contributed by atoms with Gasteiger partial charge >= 0.3 is 30.5 Å². The first-order valence-electron chi connectivity index (χ1n) is 18.8. The van der Waals surface area contributed by atoms with Crippen LogP contribution in [0.15, 0.2) is 134 Å². The number of aromatic nitrogens is 8. The Morgan fingerprint density at radius 2 is 0.970 bits per heavy atom. The molecule has 0 unspecified atom stereocenters. The molecule has 348 valence electrons. The number of carboxylic acid groups (broad SMARTS) is 1. The summed E-state index contributed by atoms with van der Waals surface area (Å²) < 4.78 is 141. The number of hydrogen-bond donors (Lipinski definition) is 3. The van der Waals surface area contributed by atoms with Crippen molar-refractivity contribution in [2.75, 3.05) is 13.1 Å². The van der Waals surface area contributed by atoms with Gasteiger partial charge in [-0.05, 0) is 95.1 Å². The number of halogens is 10. The van der Waals surface area contributed by atoms with Crippen molar-refractivity contribution in [2.24, 2.45) is 5.73 Å². The number of carbonyl (C=O) groups is 2. The largest absolute Gasteiger partial charge is 0.573 e. The molecule has 15 nitrogen and oxygen atoms in total. The van der Waals surface area contributed by atoms with Crippen LogP contribution in [0.1, 0.15) is 32.6 Å². The molecule has 8 aromatic rings. The van der Waals surface area contributed by atoms with Gasteiger partial charge in [0.05, 0.1) is 13.1 Å². The third-order valence-electron chi connectivity index (χ3n) is 8.81. The lowest BCUT2D eigenvalue weighted by atomic mass is 10.1. The maximum atomic E-state index is 14.9. The monoisotopic (exact) mass is 944 g/mol. The van der Waals surface area contributed by atoms with Crippen molar-refractivity contribution in [2.45, 2.75) is 24.6 Å². The molecule has 0 aliphatic rings. The summed E-state index contributed by atoms with van der Waals surface area (Å²) in [5.74, 6) is -10.8. The van der Waals surface area contributed by atoms with Gasteiger partial charge in [0.15, 0.2) is 11.3 Å². The average molecular weight is 945 g/mol. The summed E-state index contributed by atoms with van der Waals surface area (Å²) in [5, 5.41) is 24.8. The van der Waals surface area contributed by atoms with Crippen LogP contribution in [0.5, 0.6) is 11.5 Å². The summed E-state index contributed by atoms with van der Waals surface area (Å²) in [6, 6.07) is 25.3. The fourth-order valence-corrected chi connectivity index (χ4v) is 5.76. The highest BCUT2D eigenvalue weighted by Gasteiger charge is 2.38. The molecule has 0 radical (unpaired) electrons. The molecule has 0 bridgehead atoms. The Bertz CT molecular complexity index is 2940. The van der Waals surface area contributed by atoms with Crippen molar-refractivity contribution in [3.63, 3.8) is 0 Å². The van der Waals surface area contributed by atoms with Gasteiger partial charge in [-0.1, -0.05) is 36.4 Å². The zero-order valence-electron chi connectivity index (χ0n) is 33.6. The Hall–Kier alpha value is -8.22. The number of alkyl halides is 10. The normalized spacial score (nSPS) is 11.8. The number of hydrogen-bond acceptors (Lipinski definition) is 11. The number of fused-ring (bicyclic) bond motifs is 2. The van der Waals surface area contributed by atoms with E-state index in [1.807, 2.05) is 0 Å². The molecule has 2 aromatic carbocycles. The van der Waals surface area contributed by atoms with E-state index >= 15 is 0 Å². The van der Waals surface area contributed by atoms with E-state index in [0.29, 0.717) is 22.3 Å². The van der Waals surface area contributed by atoms with E-state index in [1.165, 1.54) is 73.3 Å². The predicted molar refractivity (Wildman–Crippen MR) is 215 cm³/mol. The standard InChI is InChI=1S/C21H14F5N5O2.C15H11F5N4O.C6H5NO2/c22-20(23,12-28-18(32)16-3-1-2-10-27-16)19-30-29-17-9-6-14(11-31(17)19)13-4-7-15(8-5-13)33-21(24,25)26;16-14(17,8-21)13-23-22-12-6-3-10(7-24(12)13)9-1-4-11(5-2-9)25-15(18,19)20;8-6(9)5-3-1-2-4-7-5/h1-11H,12H2,(H,28,32);1-7H,8,21H2;1-4H,(H,8,9). The van der Waals surface area contributed by atoms with Crippen LogP contribution in [-0.2, 0) is 11.8 Å². The first-order valence-corrected chi connectivity index (χ1v) is 18.8. The lowest BCUT2D eigenvalue weighted by Gasteiger charge is -2.15. The van der Waals surface area contributed by atoms with Gasteiger partial charge in [-0.3, -0.25) is 18.6 Å². The molecule has 0 atom stereocenters. The van der Waals surface area contributed by atoms with Gasteiger partial charge in [0, 0.05) is 24.8 Å². The molecule has 6 heterocycles. The molecule has 0 saturated heterocycles. The number of rotatable bonds is 11. The van der Waals surface area contributed by atoms with Gasteiger partial charge in [-0.15, -0.1) is 46.7 Å². The van der Waals surface area contributed by atoms with Crippen LogP contribution in [0.2, 0.25) is 0 Å². The second-order valence-corrected chi connectivity index (χ2v) is 13.5. The minimum absolute atomic E-state index is 0.0142. The van der Waals surface area contributed by atoms with Crippen molar-refractivity contribution in [3.05, 3.63) is 157 Å². The van der Waals surface area contributed by atoms with Gasteiger partial charge in [-0.2, -0.15) is 17.6 Å². The number of aromatic carboxylic acids is 1. The Balaban J connectivity index is 0.000000191. The second-order valence-electron chi connectivity index (χ2n) is 13.5. The highest BCUT2D eigenvalue weighted by Crippen LogP contribution is 2.32. The summed E-state index contributed by atoms with van der Waals surface area (Å²) >= 11 is 0. The van der Waals surface area contributed by atoms with Crippen molar-refractivity contribution in [3.8, 4) is 33.8 Å². The van der Waals surface area contributed by atoms with Gasteiger partial charge in [0.25, 0.3) is 5.91 Å². The van der Waals surface area contributed by atoms with E-state index in [2.05, 4.69) is 45.2 Å². The molecular formula is C42H30F10N10O5. The summed E-state index contributed by atoms with van der Waals surface area (Å²) in [4.78, 5) is 29.6. The Morgan fingerprint density at radius 1 is 0.552 bits per heavy atom. The minimum atomic E-state index is -4.82. The molecule has 1 amide bonds. The predicted octanol–water partition coefficient (Wildman–Crippen LogP) is 8.34. The highest BCUT2D eigenvalue weighted by atomic mass is 19.4. The van der Waals surface area contributed by atoms with Crippen molar-refractivity contribution >= 4 is 23.2 Å². The van der Waals surface area contributed by atoms with Crippen LogP contribution in [0.25, 0.3) is 33.5 Å². The molecule has 8 rings (SSSR count). The van der Waals surface area contributed by atoms with Crippen LogP contribution in [0.4, 0.5) is 43.9 Å². The molecule has 0 aliphatic heterocycles. The Kier molecular flexibility index (Phi) is 14.3. The lowest BCUT2D eigenvalue weighted by Crippen LogP contribution is -2.36. The van der Waals surface area contributed by atoms with Gasteiger partial charge in [0.1, 0.15) is 22.9 Å². The summed E-state index contributed by atoms with van der Waals surface area (Å²) in [5.41, 5.74) is 7.33. The van der Waals surface area contributed by atoms with E-state index in [4.69, 9.17) is 10.8 Å². The molecule has 6 aromatic heterocycles. The zero-order valence-corrected chi connectivity index (χ0v) is 33.6. The molecule has 0 aliphatic carbocycles. The number of pyridine rings is 4. The minimum Gasteiger partial charge on any atom is -0.477 e. The SMILES string of the molecule is NCC(F)(F)c1nnc2ccc(-c3ccc(OC(F)(F)F)cc3)cn12.O=C(NCC(F)(F)c1nnc2ccc(-c3ccc(OC(F)(F)F)cc3)cn12)c1ccccn1.O=C(O)c1ccccn1. The molecule has 0 saturated carbocycles. The van der Waals surface area contributed by atoms with E-state index < -0.39 is 66.9 Å². The molecule has 4 N–H and O–H groups in total. The maximum Gasteiger partial charge on any atom is 0.573 e. The van der Waals surface area contributed by atoms with Crippen molar-refractivity contribution < 1.29 is 68.1 Å². The first kappa shape index (κ1) is 48.2. The number of ether oxygens (including phenoxy) is 2. The number of carbonyl (C=O) groups excluding carboxylic acids is 1. The summed E-state index contributed by atoms with van der Waals surface area (Å²) in [6.07, 6.45) is -4.10. The highest BCUT2D eigenvalue weighted by molar-refractivity contribution is 5.92. The lowest BCUT2D eigenvalue weighted by molar-refractivity contribution is -0.275. The first-order chi connectivity index (χ1) is 31.6. The average Bonchev–Trinajstić information content (AvgIpc) is 3.94. The van der Waals surface area contributed by atoms with Crippen LogP contribution >= 0.6 is 0 Å². The molecule has 0 fully saturated rings. The van der Waals surface area contributed by atoms with Gasteiger partial charge < -0.3 is 25.6 Å². The van der Waals surface area contributed by atoms with E-state index in [-0.39, 0.29) is 28.4 Å². The number of nitrogens with zero attached hydrogens (tertiary/aromatic N) is 8. The fraction of sp³-hybridized carbons (Fsp3) is 0.143. The number of benzene rings is 2. The van der Waals surface area contributed by atoms with Crippen LogP contribution in [0, 0.1) is 0 Å². The van der Waals surface area contributed by atoms with E-state index in [1.54, 1.807) is 36.4 Å². The molecule has 25 heteroatoms. The topological polar surface area (TPSA) is 197 Å². The molecule has 67 heavy (non-hydrogen) atoms. The van der Waals surface area contributed by atoms with Crippen molar-refractivity contribution in [1.29, 1.82) is 0 Å². The van der Waals surface area contributed by atoms with Gasteiger partial charge in [-0.25, -0.2) is 9.78 Å². The van der Waals surface area contributed by atoms with Crippen LogP contribution in [-0.4, -0.2) is 82.0 Å². The number of nitrogens with one attached hydrogen (secondary N) is 1. The summed E-state index contributed by atoms with van der Waals surface area (Å²) in [6.45, 7) is -1.97. The zero-order chi connectivity index (χ0) is 48.6. The third-order valence-corrected chi connectivity index (χ3v) is 8.81. The van der Waals surface area contributed by atoms with E-state index in [0.717, 1.165) is 33.1 Å². The fourth-order valence-electron chi connectivity index (χ4n) is 5.76. The number of carboxylic acids is 1.